The summed E-state index contributed by atoms with van der Waals surface area (Å²) in [4.78, 5) is 2.17. The standard InChI is InChI=1S/C44H38N2O4S/c1-47-35-9-5-7-29(23-35)41-42(30-8-6-10-36(24-30)48-2)44(32-16-22-38(40(26-32)50-4)28-13-19-34(46)20-14-28)51-43(41)31-15-21-37(39(25-31)49-3)27-11-17-33(45)18-12-27/h5-26H,45-46H2,1-4H3. The Morgan fingerprint density at radius 2 is 0.784 bits per heavy atom. The molecule has 0 unspecified atom stereocenters. The van der Waals surface area contributed by atoms with Crippen LogP contribution in [-0.2, 0) is 0 Å². The fraction of sp³-hybridized carbons (Fsp3) is 0.0909. The first-order valence-electron chi connectivity index (χ1n) is 16.4. The van der Waals surface area contributed by atoms with Crippen LogP contribution in [0, 0.1) is 0 Å². The van der Waals surface area contributed by atoms with E-state index in [1.165, 1.54) is 0 Å². The van der Waals surface area contributed by atoms with Crippen LogP contribution in [0.15, 0.2) is 133 Å². The minimum absolute atomic E-state index is 0.714. The highest BCUT2D eigenvalue weighted by molar-refractivity contribution is 7.20. The molecule has 0 saturated carbocycles. The first-order valence-corrected chi connectivity index (χ1v) is 17.3. The van der Waals surface area contributed by atoms with Gasteiger partial charge in [-0.2, -0.15) is 0 Å². The van der Waals surface area contributed by atoms with Crippen molar-refractivity contribution in [1.29, 1.82) is 0 Å². The molecule has 7 aromatic rings. The van der Waals surface area contributed by atoms with Crippen molar-refractivity contribution in [2.75, 3.05) is 39.9 Å². The first kappa shape index (κ1) is 33.3. The van der Waals surface area contributed by atoms with E-state index in [2.05, 4.69) is 60.7 Å². The van der Waals surface area contributed by atoms with Crippen molar-refractivity contribution in [3.63, 3.8) is 0 Å². The molecule has 7 heteroatoms. The lowest BCUT2D eigenvalue weighted by molar-refractivity contribution is 0.415. The lowest BCUT2D eigenvalue weighted by Gasteiger charge is -2.15. The van der Waals surface area contributed by atoms with Crippen molar-refractivity contribution in [3.8, 4) is 88.4 Å². The largest absolute Gasteiger partial charge is 0.497 e. The van der Waals surface area contributed by atoms with Crippen LogP contribution in [0.2, 0.25) is 0 Å². The molecule has 0 bridgehead atoms. The van der Waals surface area contributed by atoms with E-state index in [0.717, 1.165) is 88.4 Å². The van der Waals surface area contributed by atoms with E-state index in [1.54, 1.807) is 39.8 Å². The van der Waals surface area contributed by atoms with Crippen LogP contribution in [0.3, 0.4) is 0 Å². The van der Waals surface area contributed by atoms with Crippen molar-refractivity contribution < 1.29 is 18.9 Å². The molecule has 51 heavy (non-hydrogen) atoms. The topological polar surface area (TPSA) is 89.0 Å². The Hall–Kier alpha value is -6.18. The third-order valence-electron chi connectivity index (χ3n) is 9.00. The van der Waals surface area contributed by atoms with E-state index in [0.29, 0.717) is 11.4 Å². The average molecular weight is 691 g/mol. The molecule has 6 nitrogen and oxygen atoms in total. The van der Waals surface area contributed by atoms with Crippen molar-refractivity contribution >= 4 is 22.7 Å². The number of ether oxygens (including phenoxy) is 4. The van der Waals surface area contributed by atoms with E-state index in [1.807, 2.05) is 72.8 Å². The molecule has 0 aliphatic rings. The molecule has 1 heterocycles. The molecule has 0 atom stereocenters. The van der Waals surface area contributed by atoms with Crippen LogP contribution in [-0.4, -0.2) is 28.4 Å². The molecule has 7 rings (SSSR count). The van der Waals surface area contributed by atoms with Crippen LogP contribution in [0.25, 0.3) is 65.4 Å². The number of methoxy groups -OCH3 is 4. The third kappa shape index (κ3) is 6.59. The predicted molar refractivity (Wildman–Crippen MR) is 212 cm³/mol. The second-order valence-corrected chi connectivity index (χ2v) is 13.1. The number of rotatable bonds is 10. The number of nitrogens with two attached hydrogens (primary N) is 2. The fourth-order valence-electron chi connectivity index (χ4n) is 6.41. The molecule has 1 aromatic heterocycles. The molecule has 0 aliphatic heterocycles. The summed E-state index contributed by atoms with van der Waals surface area (Å²) in [7, 11) is 6.80. The van der Waals surface area contributed by atoms with Gasteiger partial charge in [0.2, 0.25) is 0 Å². The Morgan fingerprint density at radius 3 is 1.16 bits per heavy atom. The molecular formula is C44H38N2O4S. The number of benzene rings is 6. The zero-order valence-corrected chi connectivity index (χ0v) is 29.7. The number of hydrogen-bond donors (Lipinski definition) is 2. The van der Waals surface area contributed by atoms with E-state index in [4.69, 9.17) is 30.4 Å². The lowest BCUT2D eigenvalue weighted by atomic mass is 9.90. The van der Waals surface area contributed by atoms with E-state index >= 15 is 0 Å². The molecule has 0 spiro atoms. The van der Waals surface area contributed by atoms with E-state index < -0.39 is 0 Å². The van der Waals surface area contributed by atoms with Crippen LogP contribution >= 0.6 is 11.3 Å². The normalized spacial score (nSPS) is 10.9. The second kappa shape index (κ2) is 14.4. The van der Waals surface area contributed by atoms with Gasteiger partial charge in [-0.3, -0.25) is 0 Å². The molecule has 254 valence electrons. The Balaban J connectivity index is 1.51. The van der Waals surface area contributed by atoms with Crippen LogP contribution in [0.5, 0.6) is 23.0 Å². The lowest BCUT2D eigenvalue weighted by Crippen LogP contribution is -1.92. The Morgan fingerprint density at radius 1 is 0.392 bits per heavy atom. The van der Waals surface area contributed by atoms with Gasteiger partial charge in [-0.05, 0) is 94.0 Å². The summed E-state index contributed by atoms with van der Waals surface area (Å²) in [5.41, 5.74) is 23.7. The summed E-state index contributed by atoms with van der Waals surface area (Å²) in [6.07, 6.45) is 0. The number of nitrogen functional groups attached to an aromatic ring is 2. The first-order chi connectivity index (χ1) is 24.9. The number of thiophene rings is 1. The number of hydrogen-bond acceptors (Lipinski definition) is 7. The molecule has 0 amide bonds. The van der Waals surface area contributed by atoms with Gasteiger partial charge in [0.05, 0.1) is 28.4 Å². The minimum atomic E-state index is 0.714. The third-order valence-corrected chi connectivity index (χ3v) is 10.3. The van der Waals surface area contributed by atoms with Gasteiger partial charge >= 0.3 is 0 Å². The maximum atomic E-state index is 6.02. The summed E-state index contributed by atoms with van der Waals surface area (Å²) in [6.45, 7) is 0. The van der Waals surface area contributed by atoms with Crippen molar-refractivity contribution in [1.82, 2.24) is 0 Å². The highest BCUT2D eigenvalue weighted by atomic mass is 32.1. The molecule has 0 fully saturated rings. The second-order valence-electron chi connectivity index (χ2n) is 12.0. The molecule has 6 aromatic carbocycles. The minimum Gasteiger partial charge on any atom is -0.497 e. The smallest absolute Gasteiger partial charge is 0.127 e. The van der Waals surface area contributed by atoms with Gasteiger partial charge in [-0.1, -0.05) is 72.8 Å². The van der Waals surface area contributed by atoms with E-state index in [-0.39, 0.29) is 0 Å². The maximum absolute atomic E-state index is 6.02. The summed E-state index contributed by atoms with van der Waals surface area (Å²) in [5, 5.41) is 0. The van der Waals surface area contributed by atoms with Crippen LogP contribution in [0.1, 0.15) is 0 Å². The molecule has 0 radical (unpaired) electrons. The summed E-state index contributed by atoms with van der Waals surface area (Å²) in [6, 6.07) is 44.9. The highest BCUT2D eigenvalue weighted by Crippen LogP contribution is 2.54. The maximum Gasteiger partial charge on any atom is 0.127 e. The van der Waals surface area contributed by atoms with Crippen LogP contribution in [0.4, 0.5) is 11.4 Å². The van der Waals surface area contributed by atoms with E-state index in [9.17, 15) is 0 Å². The molecule has 0 saturated heterocycles. The van der Waals surface area contributed by atoms with Gasteiger partial charge in [-0.25, -0.2) is 0 Å². The molecular weight excluding hydrogens is 653 g/mol. The van der Waals surface area contributed by atoms with Gasteiger partial charge in [0.15, 0.2) is 0 Å². The van der Waals surface area contributed by atoms with Crippen molar-refractivity contribution in [3.05, 3.63) is 133 Å². The van der Waals surface area contributed by atoms with Crippen LogP contribution < -0.4 is 30.4 Å². The zero-order valence-electron chi connectivity index (χ0n) is 28.9. The fourth-order valence-corrected chi connectivity index (χ4v) is 7.75. The predicted octanol–water partition coefficient (Wildman–Crippen LogP) is 10.9. The number of anilines is 2. The van der Waals surface area contributed by atoms with Gasteiger partial charge in [0, 0.05) is 43.4 Å². The van der Waals surface area contributed by atoms with Gasteiger partial charge in [-0.15, -0.1) is 11.3 Å². The van der Waals surface area contributed by atoms with Crippen molar-refractivity contribution in [2.24, 2.45) is 0 Å². The Labute approximate surface area is 302 Å². The quantitative estimate of drug-likeness (QED) is 0.139. The molecule has 0 aliphatic carbocycles. The Kier molecular flexibility index (Phi) is 9.38. The van der Waals surface area contributed by atoms with Crippen molar-refractivity contribution in [2.45, 2.75) is 0 Å². The van der Waals surface area contributed by atoms with Gasteiger partial charge in [0.25, 0.3) is 0 Å². The SMILES string of the molecule is COc1cccc(-c2c(-c3ccc(-c4ccc(N)cc4)c(OC)c3)sc(-c3ccc(-c4ccc(N)cc4)c(OC)c3)c2-c2cccc(OC)c2)c1. The zero-order chi connectivity index (χ0) is 35.5. The summed E-state index contributed by atoms with van der Waals surface area (Å²) < 4.78 is 23.5. The molecule has 4 N–H and O–H groups in total. The highest BCUT2D eigenvalue weighted by Gasteiger charge is 2.25. The van der Waals surface area contributed by atoms with Gasteiger partial charge in [0.1, 0.15) is 23.0 Å². The summed E-state index contributed by atoms with van der Waals surface area (Å²) >= 11 is 1.73. The van der Waals surface area contributed by atoms with Gasteiger partial charge < -0.3 is 30.4 Å². The monoisotopic (exact) mass is 690 g/mol. The Bertz CT molecular complexity index is 2170. The summed E-state index contributed by atoms with van der Waals surface area (Å²) in [5.74, 6) is 3.07. The average Bonchev–Trinajstić information content (AvgIpc) is 3.59.